The predicted molar refractivity (Wildman–Crippen MR) is 148 cm³/mol. The molecule has 4 aromatic rings. The molecule has 39 heavy (non-hydrogen) atoms. The van der Waals surface area contributed by atoms with Crippen molar-refractivity contribution in [2.75, 3.05) is 17.7 Å². The maximum absolute atomic E-state index is 12.9. The van der Waals surface area contributed by atoms with Crippen molar-refractivity contribution in [1.29, 1.82) is 5.26 Å². The van der Waals surface area contributed by atoms with Crippen LogP contribution in [-0.4, -0.2) is 27.3 Å². The Bertz CT molecular complexity index is 1730. The van der Waals surface area contributed by atoms with Crippen LogP contribution in [0.25, 0.3) is 16.8 Å². The van der Waals surface area contributed by atoms with Gasteiger partial charge in [0.1, 0.15) is 16.5 Å². The van der Waals surface area contributed by atoms with Gasteiger partial charge in [0.25, 0.3) is 5.91 Å². The molecule has 4 rings (SSSR count). The molecule has 2 amide bonds. The quantitative estimate of drug-likeness (QED) is 0.180. The molecule has 2 N–H and O–H groups in total. The molecule has 0 aliphatic rings. The molecule has 0 saturated heterocycles. The van der Waals surface area contributed by atoms with Gasteiger partial charge < -0.3 is 19.6 Å². The SMILES string of the molecule is COc1ccc(/C=C(\C#N)C(=O)Nc2cccc3ccccc23)cc1OS(=O)(=O)c1ccc(NC(C)=O)cc1. The minimum Gasteiger partial charge on any atom is -0.493 e. The lowest BCUT2D eigenvalue weighted by Gasteiger charge is -2.12. The van der Waals surface area contributed by atoms with Crippen molar-refractivity contribution in [2.24, 2.45) is 0 Å². The van der Waals surface area contributed by atoms with Crippen LogP contribution < -0.4 is 19.6 Å². The Morgan fingerprint density at radius 3 is 2.31 bits per heavy atom. The molecule has 0 saturated carbocycles. The minimum absolute atomic E-state index is 0.129. The molecule has 196 valence electrons. The van der Waals surface area contributed by atoms with Crippen LogP contribution in [0.5, 0.6) is 11.5 Å². The summed E-state index contributed by atoms with van der Waals surface area (Å²) in [7, 11) is -2.93. The number of ether oxygens (including phenoxy) is 1. The highest BCUT2D eigenvalue weighted by atomic mass is 32.2. The lowest BCUT2D eigenvalue weighted by Crippen LogP contribution is -2.13. The van der Waals surface area contributed by atoms with Crippen LogP contribution in [0, 0.1) is 11.3 Å². The van der Waals surface area contributed by atoms with Crippen LogP contribution in [0.3, 0.4) is 0 Å². The first-order chi connectivity index (χ1) is 18.7. The first-order valence-corrected chi connectivity index (χ1v) is 13.0. The molecular weight excluding hydrogens is 518 g/mol. The van der Waals surface area contributed by atoms with Crippen LogP contribution in [-0.2, 0) is 19.7 Å². The van der Waals surface area contributed by atoms with Crippen LogP contribution >= 0.6 is 0 Å². The Hall–Kier alpha value is -5.14. The zero-order chi connectivity index (χ0) is 28.0. The summed E-state index contributed by atoms with van der Waals surface area (Å²) in [5.41, 5.74) is 1.12. The van der Waals surface area contributed by atoms with Gasteiger partial charge in [-0.15, -0.1) is 0 Å². The van der Waals surface area contributed by atoms with Gasteiger partial charge in [-0.05, 0) is 59.5 Å². The molecule has 0 atom stereocenters. The zero-order valence-electron chi connectivity index (χ0n) is 21.0. The summed E-state index contributed by atoms with van der Waals surface area (Å²) in [6, 6.07) is 24.7. The molecule has 0 heterocycles. The van der Waals surface area contributed by atoms with E-state index in [1.165, 1.54) is 56.5 Å². The van der Waals surface area contributed by atoms with E-state index in [4.69, 9.17) is 8.92 Å². The van der Waals surface area contributed by atoms with E-state index in [0.29, 0.717) is 16.9 Å². The highest BCUT2D eigenvalue weighted by Gasteiger charge is 2.20. The predicted octanol–water partition coefficient (Wildman–Crippen LogP) is 5.12. The Kier molecular flexibility index (Phi) is 7.93. The second kappa shape index (κ2) is 11.5. The maximum Gasteiger partial charge on any atom is 0.339 e. The molecule has 0 radical (unpaired) electrons. The fraction of sp³-hybridized carbons (Fsp3) is 0.0690. The summed E-state index contributed by atoms with van der Waals surface area (Å²) >= 11 is 0. The van der Waals surface area contributed by atoms with Crippen molar-refractivity contribution >= 4 is 50.2 Å². The first kappa shape index (κ1) is 26.9. The summed E-state index contributed by atoms with van der Waals surface area (Å²) in [6.07, 6.45) is 1.32. The highest BCUT2D eigenvalue weighted by Crippen LogP contribution is 2.32. The third-order valence-corrected chi connectivity index (χ3v) is 6.81. The summed E-state index contributed by atoms with van der Waals surface area (Å²) in [4.78, 5) is 24.0. The van der Waals surface area contributed by atoms with E-state index in [1.54, 1.807) is 18.2 Å². The largest absolute Gasteiger partial charge is 0.493 e. The van der Waals surface area contributed by atoms with Crippen LogP contribution in [0.15, 0.2) is 95.4 Å². The maximum atomic E-state index is 12.9. The van der Waals surface area contributed by atoms with Gasteiger partial charge in [0.15, 0.2) is 11.5 Å². The van der Waals surface area contributed by atoms with Gasteiger partial charge in [0.2, 0.25) is 5.91 Å². The second-order valence-electron chi connectivity index (χ2n) is 8.30. The summed E-state index contributed by atoms with van der Waals surface area (Å²) < 4.78 is 36.4. The molecule has 4 aromatic carbocycles. The van der Waals surface area contributed by atoms with E-state index < -0.39 is 16.0 Å². The number of carbonyl (C=O) groups is 2. The Morgan fingerprint density at radius 1 is 0.897 bits per heavy atom. The summed E-state index contributed by atoms with van der Waals surface area (Å²) in [6.45, 7) is 1.34. The van der Waals surface area contributed by atoms with Crippen molar-refractivity contribution in [3.63, 3.8) is 0 Å². The van der Waals surface area contributed by atoms with Gasteiger partial charge >= 0.3 is 10.1 Å². The average Bonchev–Trinajstić information content (AvgIpc) is 2.92. The van der Waals surface area contributed by atoms with E-state index in [-0.39, 0.29) is 27.9 Å². The third-order valence-electron chi connectivity index (χ3n) is 5.56. The summed E-state index contributed by atoms with van der Waals surface area (Å²) in [5.74, 6) is -0.925. The van der Waals surface area contributed by atoms with E-state index in [1.807, 2.05) is 36.4 Å². The van der Waals surface area contributed by atoms with Gasteiger partial charge in [0.05, 0.1) is 7.11 Å². The monoisotopic (exact) mass is 541 g/mol. The Balaban J connectivity index is 1.60. The number of nitrogens with zero attached hydrogens (tertiary/aromatic N) is 1. The lowest BCUT2D eigenvalue weighted by molar-refractivity contribution is -0.114. The molecule has 0 aliphatic carbocycles. The standard InChI is InChI=1S/C29H23N3O6S/c1-19(33)31-23-11-13-24(14-12-23)39(35,36)38-28-17-20(10-15-27(28)37-2)16-22(18-30)29(34)32-26-9-5-7-21-6-3-4-8-25(21)26/h3-17H,1-2H3,(H,31,33)(H,32,34)/b22-16+. The zero-order valence-corrected chi connectivity index (χ0v) is 21.8. The first-order valence-electron chi connectivity index (χ1n) is 11.6. The molecule has 0 bridgehead atoms. The molecule has 9 nitrogen and oxygen atoms in total. The number of rotatable bonds is 8. The highest BCUT2D eigenvalue weighted by molar-refractivity contribution is 7.87. The van der Waals surface area contributed by atoms with E-state index in [2.05, 4.69) is 10.6 Å². The van der Waals surface area contributed by atoms with Crippen LogP contribution in [0.1, 0.15) is 12.5 Å². The van der Waals surface area contributed by atoms with Gasteiger partial charge in [-0.2, -0.15) is 13.7 Å². The van der Waals surface area contributed by atoms with Crippen molar-refractivity contribution in [3.8, 4) is 17.6 Å². The van der Waals surface area contributed by atoms with Crippen molar-refractivity contribution in [3.05, 3.63) is 96.1 Å². The number of hydrogen-bond acceptors (Lipinski definition) is 7. The van der Waals surface area contributed by atoms with Crippen molar-refractivity contribution in [2.45, 2.75) is 11.8 Å². The topological polar surface area (TPSA) is 135 Å². The summed E-state index contributed by atoms with van der Waals surface area (Å²) in [5, 5.41) is 16.7. The Morgan fingerprint density at radius 2 is 1.62 bits per heavy atom. The van der Waals surface area contributed by atoms with Gasteiger partial charge in [-0.1, -0.05) is 42.5 Å². The van der Waals surface area contributed by atoms with Gasteiger partial charge in [0, 0.05) is 23.7 Å². The normalized spacial score (nSPS) is 11.4. The van der Waals surface area contributed by atoms with Gasteiger partial charge in [-0.25, -0.2) is 0 Å². The number of nitriles is 1. The fourth-order valence-electron chi connectivity index (χ4n) is 3.76. The molecule has 0 fully saturated rings. The van der Waals surface area contributed by atoms with E-state index >= 15 is 0 Å². The van der Waals surface area contributed by atoms with Gasteiger partial charge in [-0.3, -0.25) is 9.59 Å². The number of hydrogen-bond donors (Lipinski definition) is 2. The van der Waals surface area contributed by atoms with Crippen molar-refractivity contribution < 1.29 is 26.9 Å². The second-order valence-corrected chi connectivity index (χ2v) is 9.85. The molecule has 10 heteroatoms. The van der Waals surface area contributed by atoms with Crippen molar-refractivity contribution in [1.82, 2.24) is 0 Å². The third kappa shape index (κ3) is 6.41. The molecule has 0 aromatic heterocycles. The number of carbonyl (C=O) groups excluding carboxylic acids is 2. The number of fused-ring (bicyclic) bond motifs is 1. The smallest absolute Gasteiger partial charge is 0.339 e. The Labute approximate surface area is 225 Å². The number of nitrogens with one attached hydrogen (secondary N) is 2. The molecular formula is C29H23N3O6S. The van der Waals surface area contributed by atoms with E-state index in [9.17, 15) is 23.3 Å². The van der Waals surface area contributed by atoms with Crippen LogP contribution in [0.2, 0.25) is 0 Å². The number of amides is 2. The molecule has 0 aliphatic heterocycles. The van der Waals surface area contributed by atoms with E-state index in [0.717, 1.165) is 10.8 Å². The fourth-order valence-corrected chi connectivity index (χ4v) is 4.69. The number of methoxy groups -OCH3 is 1. The average molecular weight is 542 g/mol. The number of anilines is 2. The minimum atomic E-state index is -4.28. The van der Waals surface area contributed by atoms with Crippen LogP contribution in [0.4, 0.5) is 11.4 Å². The lowest BCUT2D eigenvalue weighted by atomic mass is 10.1. The molecule has 0 spiro atoms. The number of benzene rings is 4. The molecule has 0 unspecified atom stereocenters.